The van der Waals surface area contributed by atoms with Crippen LogP contribution in [0.1, 0.15) is 61.6 Å². The number of carbonyl (C=O) groups is 2. The van der Waals surface area contributed by atoms with Crippen LogP contribution in [0.3, 0.4) is 0 Å². The zero-order chi connectivity index (χ0) is 20.8. The first-order chi connectivity index (χ1) is 14.0. The molecule has 3 rings (SSSR count). The maximum Gasteiger partial charge on any atom is 0.242 e. The van der Waals surface area contributed by atoms with Crippen LogP contribution in [0.2, 0.25) is 0 Å². The van der Waals surface area contributed by atoms with Crippen molar-refractivity contribution in [2.45, 2.75) is 52.0 Å². The Hall–Kier alpha value is -2.21. The smallest absolute Gasteiger partial charge is 0.242 e. The molecular weight excluding hydrogens is 387 g/mol. The third-order valence-corrected chi connectivity index (χ3v) is 6.39. The standard InChI is InChI=1S/C23H29FN2O2S/c1-3-5-13-25(21(27)6-4-2)16-22(28)26-14-11-20-19(12-15-29-20)23(26)17-7-9-18(24)10-8-17/h7-10,12,15,23H,3-6,11,13-14,16H2,1-2H3. The number of rotatable bonds is 8. The summed E-state index contributed by atoms with van der Waals surface area (Å²) in [5.41, 5.74) is 2.01. The summed E-state index contributed by atoms with van der Waals surface area (Å²) in [5.74, 6) is -0.290. The maximum atomic E-state index is 13.5. The maximum absolute atomic E-state index is 13.5. The fourth-order valence-corrected chi connectivity index (χ4v) is 4.76. The van der Waals surface area contributed by atoms with Gasteiger partial charge >= 0.3 is 0 Å². The minimum absolute atomic E-state index is 0.0425. The fourth-order valence-electron chi connectivity index (χ4n) is 3.86. The number of amides is 2. The minimum Gasteiger partial charge on any atom is -0.333 e. The van der Waals surface area contributed by atoms with Crippen LogP contribution in [0.4, 0.5) is 4.39 Å². The molecule has 2 aromatic rings. The highest BCUT2D eigenvalue weighted by atomic mass is 32.1. The van der Waals surface area contributed by atoms with Gasteiger partial charge in [-0.1, -0.05) is 32.4 Å². The van der Waals surface area contributed by atoms with Crippen molar-refractivity contribution in [2.75, 3.05) is 19.6 Å². The molecule has 1 aliphatic rings. The average molecular weight is 417 g/mol. The Morgan fingerprint density at radius 2 is 1.93 bits per heavy atom. The molecule has 2 amide bonds. The SMILES string of the molecule is CCCCN(CC(=O)N1CCc2sccc2C1c1ccc(F)cc1)C(=O)CCC. The van der Waals surface area contributed by atoms with Crippen LogP contribution in [-0.2, 0) is 16.0 Å². The van der Waals surface area contributed by atoms with Gasteiger partial charge in [0, 0.05) is 24.4 Å². The summed E-state index contributed by atoms with van der Waals surface area (Å²) in [6, 6.07) is 8.22. The second kappa shape index (κ2) is 10.0. The van der Waals surface area contributed by atoms with Crippen LogP contribution in [0, 0.1) is 5.82 Å². The summed E-state index contributed by atoms with van der Waals surface area (Å²) in [6.45, 7) is 5.39. The number of hydrogen-bond acceptors (Lipinski definition) is 3. The van der Waals surface area contributed by atoms with Crippen molar-refractivity contribution in [2.24, 2.45) is 0 Å². The van der Waals surface area contributed by atoms with Gasteiger partial charge in [-0.3, -0.25) is 9.59 Å². The summed E-state index contributed by atoms with van der Waals surface area (Å²) in [5, 5.41) is 2.05. The first-order valence-electron chi connectivity index (χ1n) is 10.4. The molecule has 0 bridgehead atoms. The molecule has 0 aliphatic carbocycles. The lowest BCUT2D eigenvalue weighted by atomic mass is 9.93. The van der Waals surface area contributed by atoms with Gasteiger partial charge in [0.2, 0.25) is 11.8 Å². The second-order valence-electron chi connectivity index (χ2n) is 7.51. The molecule has 6 heteroatoms. The Bertz CT molecular complexity index is 834. The van der Waals surface area contributed by atoms with E-state index in [1.165, 1.54) is 17.0 Å². The molecule has 0 radical (unpaired) electrons. The summed E-state index contributed by atoms with van der Waals surface area (Å²) in [6.07, 6.45) is 3.92. The molecule has 1 unspecified atom stereocenters. The Morgan fingerprint density at radius 3 is 2.62 bits per heavy atom. The van der Waals surface area contributed by atoms with E-state index in [1.54, 1.807) is 28.4 Å². The van der Waals surface area contributed by atoms with Gasteiger partial charge in [0.1, 0.15) is 5.82 Å². The topological polar surface area (TPSA) is 40.6 Å². The molecule has 0 fully saturated rings. The molecule has 0 saturated heterocycles. The quantitative estimate of drug-likeness (QED) is 0.621. The number of halogens is 1. The van der Waals surface area contributed by atoms with Crippen LogP contribution in [0.25, 0.3) is 0 Å². The van der Waals surface area contributed by atoms with Gasteiger partial charge in [-0.25, -0.2) is 4.39 Å². The fraction of sp³-hybridized carbons (Fsp3) is 0.478. The highest BCUT2D eigenvalue weighted by Gasteiger charge is 2.33. The number of carbonyl (C=O) groups excluding carboxylic acids is 2. The largest absolute Gasteiger partial charge is 0.333 e. The van der Waals surface area contributed by atoms with E-state index in [1.807, 2.05) is 17.2 Å². The van der Waals surface area contributed by atoms with Crippen molar-refractivity contribution in [3.05, 3.63) is 57.5 Å². The van der Waals surface area contributed by atoms with Crippen LogP contribution >= 0.6 is 11.3 Å². The lowest BCUT2D eigenvalue weighted by molar-refractivity contribution is -0.141. The molecule has 0 spiro atoms. The molecular formula is C23H29FN2O2S. The summed E-state index contributed by atoms with van der Waals surface area (Å²) >= 11 is 1.70. The molecule has 1 aliphatic heterocycles. The number of nitrogens with zero attached hydrogens (tertiary/aromatic N) is 2. The van der Waals surface area contributed by atoms with Crippen LogP contribution in [-0.4, -0.2) is 41.2 Å². The lowest BCUT2D eigenvalue weighted by Crippen LogP contribution is -2.47. The molecule has 4 nitrogen and oxygen atoms in total. The summed E-state index contributed by atoms with van der Waals surface area (Å²) < 4.78 is 13.5. The third kappa shape index (κ3) is 5.04. The van der Waals surface area contributed by atoms with E-state index in [0.717, 1.165) is 36.8 Å². The molecule has 0 N–H and O–H groups in total. The third-order valence-electron chi connectivity index (χ3n) is 5.40. The lowest BCUT2D eigenvalue weighted by Gasteiger charge is -2.37. The molecule has 1 aromatic carbocycles. The van der Waals surface area contributed by atoms with E-state index in [-0.39, 0.29) is 30.2 Å². The molecule has 1 atom stereocenters. The molecule has 0 saturated carbocycles. The number of fused-ring (bicyclic) bond motifs is 1. The number of unbranched alkanes of at least 4 members (excludes halogenated alkanes) is 1. The zero-order valence-electron chi connectivity index (χ0n) is 17.2. The predicted octanol–water partition coefficient (Wildman–Crippen LogP) is 4.79. The Labute approximate surface area is 176 Å². The van der Waals surface area contributed by atoms with E-state index < -0.39 is 0 Å². The van der Waals surface area contributed by atoms with Gasteiger partial charge in [-0.05, 0) is 54.0 Å². The van der Waals surface area contributed by atoms with Gasteiger partial charge < -0.3 is 9.80 Å². The average Bonchev–Trinajstić information content (AvgIpc) is 3.20. The summed E-state index contributed by atoms with van der Waals surface area (Å²) in [7, 11) is 0. The first-order valence-corrected chi connectivity index (χ1v) is 11.3. The van der Waals surface area contributed by atoms with E-state index in [9.17, 15) is 14.0 Å². The minimum atomic E-state index is -0.288. The van der Waals surface area contributed by atoms with Gasteiger partial charge in [0.15, 0.2) is 0 Å². The molecule has 1 aromatic heterocycles. The highest BCUT2D eigenvalue weighted by Crippen LogP contribution is 2.37. The molecule has 29 heavy (non-hydrogen) atoms. The highest BCUT2D eigenvalue weighted by molar-refractivity contribution is 7.10. The number of hydrogen-bond donors (Lipinski definition) is 0. The predicted molar refractivity (Wildman–Crippen MR) is 114 cm³/mol. The molecule has 156 valence electrons. The van der Waals surface area contributed by atoms with Crippen molar-refractivity contribution in [1.29, 1.82) is 0 Å². The van der Waals surface area contributed by atoms with E-state index in [0.29, 0.717) is 19.5 Å². The Balaban J connectivity index is 1.85. The van der Waals surface area contributed by atoms with Crippen molar-refractivity contribution in [3.63, 3.8) is 0 Å². The van der Waals surface area contributed by atoms with Gasteiger partial charge in [-0.2, -0.15) is 0 Å². The van der Waals surface area contributed by atoms with Crippen LogP contribution < -0.4 is 0 Å². The summed E-state index contributed by atoms with van der Waals surface area (Å²) in [4.78, 5) is 30.7. The van der Waals surface area contributed by atoms with Gasteiger partial charge in [0.05, 0.1) is 12.6 Å². The van der Waals surface area contributed by atoms with E-state index in [4.69, 9.17) is 0 Å². The Kier molecular flexibility index (Phi) is 7.42. The first kappa shape index (κ1) is 21.5. The van der Waals surface area contributed by atoms with Crippen molar-refractivity contribution >= 4 is 23.2 Å². The van der Waals surface area contributed by atoms with Crippen LogP contribution in [0.5, 0.6) is 0 Å². The zero-order valence-corrected chi connectivity index (χ0v) is 18.0. The van der Waals surface area contributed by atoms with Gasteiger partial charge in [-0.15, -0.1) is 11.3 Å². The number of thiophene rings is 1. The van der Waals surface area contributed by atoms with Crippen molar-refractivity contribution in [3.8, 4) is 0 Å². The monoisotopic (exact) mass is 416 g/mol. The number of benzene rings is 1. The van der Waals surface area contributed by atoms with Crippen molar-refractivity contribution in [1.82, 2.24) is 9.80 Å². The normalized spacial score (nSPS) is 15.8. The van der Waals surface area contributed by atoms with Crippen LogP contribution in [0.15, 0.2) is 35.7 Å². The molecule has 2 heterocycles. The van der Waals surface area contributed by atoms with Crippen molar-refractivity contribution < 1.29 is 14.0 Å². The Morgan fingerprint density at radius 1 is 1.17 bits per heavy atom. The van der Waals surface area contributed by atoms with Gasteiger partial charge in [0.25, 0.3) is 0 Å². The van der Waals surface area contributed by atoms with E-state index >= 15 is 0 Å². The second-order valence-corrected chi connectivity index (χ2v) is 8.51. The van der Waals surface area contributed by atoms with E-state index in [2.05, 4.69) is 13.0 Å².